The number of carbonyl (C=O) groups excluding carboxylic acids is 2. The SMILES string of the molecule is Cc1csc(N2CCCN(C(=O)C3CCN(C(=O)c4ccc(Br)cc4)CC3)CC2)n1. The van der Waals surface area contributed by atoms with E-state index in [9.17, 15) is 9.59 Å². The van der Waals surface area contributed by atoms with Gasteiger partial charge in [0.15, 0.2) is 5.13 Å². The van der Waals surface area contributed by atoms with Crippen LogP contribution in [0.3, 0.4) is 0 Å². The molecule has 8 heteroatoms. The quantitative estimate of drug-likeness (QED) is 0.656. The van der Waals surface area contributed by atoms with Gasteiger partial charge in [-0.1, -0.05) is 15.9 Å². The number of amides is 2. The van der Waals surface area contributed by atoms with Crippen LogP contribution < -0.4 is 4.90 Å². The van der Waals surface area contributed by atoms with Crippen LogP contribution in [0.2, 0.25) is 0 Å². The summed E-state index contributed by atoms with van der Waals surface area (Å²) in [5.41, 5.74) is 1.75. The maximum absolute atomic E-state index is 13.1. The van der Waals surface area contributed by atoms with Crippen LogP contribution in [0.5, 0.6) is 0 Å². The summed E-state index contributed by atoms with van der Waals surface area (Å²) in [6.45, 7) is 6.62. The molecule has 2 aliphatic rings. The molecule has 2 aliphatic heterocycles. The van der Waals surface area contributed by atoms with Gasteiger partial charge in [-0.05, 0) is 50.5 Å². The van der Waals surface area contributed by atoms with Gasteiger partial charge in [-0.15, -0.1) is 11.3 Å². The highest BCUT2D eigenvalue weighted by atomic mass is 79.9. The maximum atomic E-state index is 13.1. The lowest BCUT2D eigenvalue weighted by molar-refractivity contribution is -0.136. The standard InChI is InChI=1S/C22H27BrN4O2S/c1-16-15-30-22(24-16)27-10-2-9-25(13-14-27)21(29)18-7-11-26(12-8-18)20(28)17-3-5-19(23)6-4-17/h3-6,15,18H,2,7-14H2,1H3. The van der Waals surface area contributed by atoms with Gasteiger partial charge in [0, 0.05) is 60.6 Å². The molecular weight excluding hydrogens is 464 g/mol. The van der Waals surface area contributed by atoms with E-state index in [1.807, 2.05) is 41.0 Å². The van der Waals surface area contributed by atoms with E-state index in [1.165, 1.54) is 0 Å². The van der Waals surface area contributed by atoms with Gasteiger partial charge in [0.2, 0.25) is 5.91 Å². The second kappa shape index (κ2) is 9.47. The summed E-state index contributed by atoms with van der Waals surface area (Å²) < 4.78 is 0.962. The molecule has 4 rings (SSSR count). The fraction of sp³-hybridized carbons (Fsp3) is 0.500. The van der Waals surface area contributed by atoms with Crippen molar-refractivity contribution in [1.82, 2.24) is 14.8 Å². The monoisotopic (exact) mass is 490 g/mol. The van der Waals surface area contributed by atoms with Crippen LogP contribution in [0.1, 0.15) is 35.3 Å². The maximum Gasteiger partial charge on any atom is 0.253 e. The summed E-state index contributed by atoms with van der Waals surface area (Å²) in [7, 11) is 0. The molecule has 0 unspecified atom stereocenters. The van der Waals surface area contributed by atoms with Crippen LogP contribution in [0.4, 0.5) is 5.13 Å². The van der Waals surface area contributed by atoms with Crippen LogP contribution in [-0.2, 0) is 4.79 Å². The number of benzene rings is 1. The number of nitrogens with zero attached hydrogens (tertiary/aromatic N) is 4. The third-order valence-electron chi connectivity index (χ3n) is 5.91. The summed E-state index contributed by atoms with van der Waals surface area (Å²) in [5.74, 6) is 0.327. The molecule has 3 heterocycles. The first-order chi connectivity index (χ1) is 14.5. The molecule has 30 heavy (non-hydrogen) atoms. The first kappa shape index (κ1) is 21.3. The number of halogens is 1. The van der Waals surface area contributed by atoms with Crippen LogP contribution in [0, 0.1) is 12.8 Å². The third-order valence-corrected chi connectivity index (χ3v) is 7.46. The highest BCUT2D eigenvalue weighted by molar-refractivity contribution is 9.10. The minimum absolute atomic E-state index is 0.0209. The Kier molecular flexibility index (Phi) is 6.73. The summed E-state index contributed by atoms with van der Waals surface area (Å²) >= 11 is 5.08. The highest BCUT2D eigenvalue weighted by Gasteiger charge is 2.31. The lowest BCUT2D eigenvalue weighted by Crippen LogP contribution is -2.45. The molecule has 6 nitrogen and oxygen atoms in total. The average Bonchev–Trinajstić information content (AvgIpc) is 3.05. The summed E-state index contributed by atoms with van der Waals surface area (Å²) in [6.07, 6.45) is 2.45. The Morgan fingerprint density at radius 1 is 1.00 bits per heavy atom. The molecule has 0 N–H and O–H groups in total. The van der Waals surface area contributed by atoms with Crippen molar-refractivity contribution >= 4 is 44.2 Å². The number of hydrogen-bond donors (Lipinski definition) is 0. The number of aromatic nitrogens is 1. The van der Waals surface area contributed by atoms with E-state index in [0.717, 1.165) is 60.7 Å². The Balaban J connectivity index is 1.29. The van der Waals surface area contributed by atoms with E-state index >= 15 is 0 Å². The molecule has 2 fully saturated rings. The van der Waals surface area contributed by atoms with E-state index in [0.29, 0.717) is 18.7 Å². The smallest absolute Gasteiger partial charge is 0.253 e. The topological polar surface area (TPSA) is 56.8 Å². The molecule has 0 spiro atoms. The number of carbonyl (C=O) groups is 2. The fourth-order valence-electron chi connectivity index (χ4n) is 4.18. The molecule has 2 saturated heterocycles. The second-order valence-corrected chi connectivity index (χ2v) is 9.76. The molecule has 2 amide bonds. The van der Waals surface area contributed by atoms with Crippen molar-refractivity contribution in [2.45, 2.75) is 26.2 Å². The molecular formula is C22H27BrN4O2S. The minimum atomic E-state index is 0.0209. The molecule has 1 aromatic carbocycles. The highest BCUT2D eigenvalue weighted by Crippen LogP contribution is 2.25. The zero-order valence-corrected chi connectivity index (χ0v) is 19.6. The van der Waals surface area contributed by atoms with Crippen molar-refractivity contribution in [1.29, 1.82) is 0 Å². The molecule has 0 radical (unpaired) electrons. The van der Waals surface area contributed by atoms with Crippen LogP contribution in [-0.4, -0.2) is 65.9 Å². The van der Waals surface area contributed by atoms with E-state index < -0.39 is 0 Å². The normalized spacial score (nSPS) is 18.4. The number of thiazole rings is 1. The summed E-state index contributed by atoms with van der Waals surface area (Å²) in [6, 6.07) is 7.46. The Bertz CT molecular complexity index is 893. The molecule has 2 aromatic rings. The predicted molar refractivity (Wildman–Crippen MR) is 123 cm³/mol. The van der Waals surface area contributed by atoms with Crippen molar-refractivity contribution in [3.8, 4) is 0 Å². The Labute approximate surface area is 190 Å². The van der Waals surface area contributed by atoms with Crippen molar-refractivity contribution in [2.24, 2.45) is 5.92 Å². The van der Waals surface area contributed by atoms with Gasteiger partial charge >= 0.3 is 0 Å². The lowest BCUT2D eigenvalue weighted by Gasteiger charge is -2.34. The summed E-state index contributed by atoms with van der Waals surface area (Å²) in [5, 5.41) is 3.13. The Morgan fingerprint density at radius 3 is 2.40 bits per heavy atom. The number of anilines is 1. The molecule has 0 aliphatic carbocycles. The molecule has 1 aromatic heterocycles. The minimum Gasteiger partial charge on any atom is -0.346 e. The van der Waals surface area contributed by atoms with Gasteiger partial charge in [-0.25, -0.2) is 4.98 Å². The van der Waals surface area contributed by atoms with E-state index in [2.05, 4.69) is 31.2 Å². The second-order valence-electron chi connectivity index (χ2n) is 8.01. The molecule has 0 saturated carbocycles. The van der Waals surface area contributed by atoms with Gasteiger partial charge in [-0.3, -0.25) is 9.59 Å². The van der Waals surface area contributed by atoms with Crippen LogP contribution in [0.15, 0.2) is 34.1 Å². The predicted octanol–water partition coefficient (Wildman–Crippen LogP) is 3.81. The Morgan fingerprint density at radius 2 is 1.73 bits per heavy atom. The van der Waals surface area contributed by atoms with E-state index in [-0.39, 0.29) is 17.7 Å². The first-order valence-electron chi connectivity index (χ1n) is 10.5. The van der Waals surface area contributed by atoms with Crippen molar-refractivity contribution in [3.05, 3.63) is 45.4 Å². The van der Waals surface area contributed by atoms with E-state index in [1.54, 1.807) is 11.3 Å². The molecule has 0 atom stereocenters. The zero-order chi connectivity index (χ0) is 21.1. The lowest BCUT2D eigenvalue weighted by atomic mass is 9.94. The average molecular weight is 491 g/mol. The molecule has 160 valence electrons. The van der Waals surface area contributed by atoms with Crippen molar-refractivity contribution in [3.63, 3.8) is 0 Å². The Hall–Kier alpha value is -1.93. The van der Waals surface area contributed by atoms with Crippen LogP contribution >= 0.6 is 27.3 Å². The van der Waals surface area contributed by atoms with Crippen LogP contribution in [0.25, 0.3) is 0 Å². The fourth-order valence-corrected chi connectivity index (χ4v) is 5.30. The van der Waals surface area contributed by atoms with Gasteiger partial charge in [0.05, 0.1) is 5.69 Å². The largest absolute Gasteiger partial charge is 0.346 e. The number of rotatable bonds is 3. The molecule has 0 bridgehead atoms. The third kappa shape index (κ3) is 4.86. The number of likely N-dealkylation sites (tertiary alicyclic amines) is 1. The first-order valence-corrected chi connectivity index (χ1v) is 12.2. The van der Waals surface area contributed by atoms with Gasteiger partial charge in [-0.2, -0.15) is 0 Å². The number of piperidine rings is 1. The van der Waals surface area contributed by atoms with Crippen molar-refractivity contribution < 1.29 is 9.59 Å². The summed E-state index contributed by atoms with van der Waals surface area (Å²) in [4.78, 5) is 36.6. The van der Waals surface area contributed by atoms with Gasteiger partial charge in [0.1, 0.15) is 0 Å². The van der Waals surface area contributed by atoms with E-state index in [4.69, 9.17) is 0 Å². The van der Waals surface area contributed by atoms with Gasteiger partial charge in [0.25, 0.3) is 5.91 Å². The van der Waals surface area contributed by atoms with Crippen molar-refractivity contribution in [2.75, 3.05) is 44.2 Å². The number of hydrogen-bond acceptors (Lipinski definition) is 5. The zero-order valence-electron chi connectivity index (χ0n) is 17.2. The van der Waals surface area contributed by atoms with Gasteiger partial charge < -0.3 is 14.7 Å². The number of aryl methyl sites for hydroxylation is 1.